The van der Waals surface area contributed by atoms with E-state index >= 15 is 0 Å². The molecule has 0 radical (unpaired) electrons. The van der Waals surface area contributed by atoms with E-state index in [1.54, 1.807) is 36.4 Å². The van der Waals surface area contributed by atoms with Gasteiger partial charge in [-0.05, 0) is 132 Å². The first kappa shape index (κ1) is 49.9. The number of carbonyl (C=O) groups is 6. The van der Waals surface area contributed by atoms with Crippen molar-refractivity contribution < 1.29 is 39.0 Å². The summed E-state index contributed by atoms with van der Waals surface area (Å²) in [4.78, 5) is 84.9. The highest BCUT2D eigenvalue weighted by Crippen LogP contribution is 2.38. The molecule has 6 N–H and O–H groups in total. The Hall–Kier alpha value is -8.00. The van der Waals surface area contributed by atoms with Gasteiger partial charge in [-0.15, -0.1) is 0 Å². The van der Waals surface area contributed by atoms with Gasteiger partial charge in [-0.25, -0.2) is 9.98 Å². The van der Waals surface area contributed by atoms with Crippen LogP contribution in [-0.4, -0.2) is 83.0 Å². The number of hydrogen-bond acceptors (Lipinski definition) is 10. The standard InChI is InChI=1S/C56H58N6O8/c1-33-21-47(65)13-15-51(33)61-45-27-41-23-37-9-5-11-39(49(37)31-53(67)59-19-7-17-57-35(3)63)25-43-29-46(62-52-16-14-48(66)22-34(52)2)30-44(56(43)70)26-40-12-6-10-38(24-42(28-45)55(41)69)50(40)32-54(68)60-20-8-18-58-36(4)64/h5-6,9-16,21-22,27-30,69-70H,7-8,17-20,23-26,31-32H2,1-4H3,(H,57,63)(H,58,64)(H,59,67)(H,60,68). The van der Waals surface area contributed by atoms with Crippen molar-refractivity contribution in [3.8, 4) is 11.5 Å². The number of nitrogens with one attached hydrogen (secondary N) is 4. The summed E-state index contributed by atoms with van der Waals surface area (Å²) in [5, 5.41) is 36.1. The van der Waals surface area contributed by atoms with E-state index in [2.05, 4.69) is 21.3 Å². The molecule has 0 heterocycles. The second-order valence-corrected chi connectivity index (χ2v) is 17.9. The van der Waals surface area contributed by atoms with Crippen molar-refractivity contribution in [2.45, 2.75) is 79.1 Å². The Morgan fingerprint density at radius 1 is 0.500 bits per heavy atom. The van der Waals surface area contributed by atoms with Crippen LogP contribution in [0.3, 0.4) is 0 Å². The van der Waals surface area contributed by atoms with Crippen LogP contribution in [0.2, 0.25) is 0 Å². The van der Waals surface area contributed by atoms with Gasteiger partial charge in [0.05, 0.1) is 35.6 Å². The largest absolute Gasteiger partial charge is 0.507 e. The Morgan fingerprint density at radius 3 is 1.14 bits per heavy atom. The average Bonchev–Trinajstić information content (AvgIpc) is 3.29. The first-order chi connectivity index (χ1) is 33.6. The lowest BCUT2D eigenvalue weighted by atomic mass is 9.86. The molecule has 3 aliphatic rings. The van der Waals surface area contributed by atoms with Gasteiger partial charge in [0.15, 0.2) is 11.6 Å². The summed E-state index contributed by atoms with van der Waals surface area (Å²) >= 11 is 0. The summed E-state index contributed by atoms with van der Waals surface area (Å²) in [6.07, 6.45) is 11.1. The van der Waals surface area contributed by atoms with Gasteiger partial charge in [-0.1, -0.05) is 36.4 Å². The zero-order valence-corrected chi connectivity index (χ0v) is 40.0. The fourth-order valence-corrected chi connectivity index (χ4v) is 8.86. The Kier molecular flexibility index (Phi) is 16.3. The fraction of sp³-hybridized carbons (Fsp3) is 0.286. The molecule has 4 aromatic rings. The maximum atomic E-state index is 13.8. The highest BCUT2D eigenvalue weighted by atomic mass is 16.3. The Morgan fingerprint density at radius 2 is 0.829 bits per heavy atom. The SMILES string of the molecule is CC(=O)NCCCNC(=O)Cc1c2cccc1Cc1cc(N=C3C=CC(=O)C=C3C)cc(c1O)Cc1cccc(c1CC(=O)NCCCNC(C)=O)Cc1cc(N=C3C=CC(=O)C=C3C)cc(c1O)C2. The summed E-state index contributed by atoms with van der Waals surface area (Å²) < 4.78 is 0. The number of ketones is 2. The second kappa shape index (κ2) is 22.9. The zero-order valence-electron chi connectivity index (χ0n) is 40.0. The molecule has 14 heteroatoms. The predicted octanol–water partition coefficient (Wildman–Crippen LogP) is 6.46. The third-order valence-corrected chi connectivity index (χ3v) is 12.4. The molecule has 0 aliphatic heterocycles. The van der Waals surface area contributed by atoms with Crippen LogP contribution in [0.5, 0.6) is 11.5 Å². The Bertz CT molecular complexity index is 2680. The molecule has 0 unspecified atom stereocenters. The minimum absolute atomic E-state index is 0.0221. The third kappa shape index (κ3) is 13.2. The normalized spacial score (nSPS) is 15.3. The van der Waals surface area contributed by atoms with Crippen molar-refractivity contribution >= 4 is 58.0 Å². The zero-order chi connectivity index (χ0) is 49.9. The van der Waals surface area contributed by atoms with Gasteiger partial charge in [0.1, 0.15) is 11.5 Å². The predicted molar refractivity (Wildman–Crippen MR) is 270 cm³/mol. The van der Waals surface area contributed by atoms with Crippen molar-refractivity contribution in [2.24, 2.45) is 9.98 Å². The number of allylic oxidation sites excluding steroid dienone is 8. The maximum Gasteiger partial charge on any atom is 0.224 e. The minimum Gasteiger partial charge on any atom is -0.507 e. The molecular formula is C56H58N6O8. The number of rotatable bonds is 14. The van der Waals surface area contributed by atoms with E-state index in [4.69, 9.17) is 9.98 Å². The molecule has 14 nitrogen and oxygen atoms in total. The second-order valence-electron chi connectivity index (χ2n) is 17.9. The molecule has 0 aromatic heterocycles. The van der Waals surface area contributed by atoms with Crippen LogP contribution in [0.4, 0.5) is 11.4 Å². The van der Waals surface area contributed by atoms with E-state index in [-0.39, 0.29) is 85.2 Å². The van der Waals surface area contributed by atoms with Gasteiger partial charge in [-0.3, -0.25) is 28.8 Å². The molecule has 0 saturated heterocycles. The molecule has 0 saturated carbocycles. The number of amides is 4. The molecule has 0 atom stereocenters. The van der Waals surface area contributed by atoms with Crippen LogP contribution < -0.4 is 21.3 Å². The quantitative estimate of drug-likeness (QED) is 0.0536. The maximum absolute atomic E-state index is 13.8. The lowest BCUT2D eigenvalue weighted by Crippen LogP contribution is -2.30. The Labute approximate surface area is 407 Å². The highest BCUT2D eigenvalue weighted by molar-refractivity contribution is 6.20. The van der Waals surface area contributed by atoms with Crippen molar-refractivity contribution in [3.05, 3.63) is 164 Å². The molecule has 70 heavy (non-hydrogen) atoms. The monoisotopic (exact) mass is 942 g/mol. The fourth-order valence-electron chi connectivity index (χ4n) is 8.86. The summed E-state index contributed by atoms with van der Waals surface area (Å²) in [6.45, 7) is 7.98. The Balaban J connectivity index is 1.39. The van der Waals surface area contributed by atoms with Crippen LogP contribution in [0, 0.1) is 0 Å². The molecule has 360 valence electrons. The summed E-state index contributed by atoms with van der Waals surface area (Å²) in [7, 11) is 0. The van der Waals surface area contributed by atoms with Gasteiger partial charge in [0.2, 0.25) is 23.6 Å². The van der Waals surface area contributed by atoms with Gasteiger partial charge in [-0.2, -0.15) is 0 Å². The molecule has 4 amide bonds. The number of fused-ring (bicyclic) bond motifs is 8. The lowest BCUT2D eigenvalue weighted by molar-refractivity contribution is -0.121. The van der Waals surface area contributed by atoms with Gasteiger partial charge in [0.25, 0.3) is 0 Å². The number of benzene rings is 4. The number of carbonyl (C=O) groups excluding carboxylic acids is 6. The van der Waals surface area contributed by atoms with E-state index in [1.165, 1.54) is 38.2 Å². The van der Waals surface area contributed by atoms with Gasteiger partial charge in [0, 0.05) is 88.0 Å². The number of phenols is 2. The topological polar surface area (TPSA) is 216 Å². The van der Waals surface area contributed by atoms with Crippen LogP contribution in [0.15, 0.2) is 118 Å². The average molecular weight is 943 g/mol. The van der Waals surface area contributed by atoms with Crippen LogP contribution >= 0.6 is 0 Å². The van der Waals surface area contributed by atoms with E-state index in [0.29, 0.717) is 106 Å². The smallest absolute Gasteiger partial charge is 0.224 e. The summed E-state index contributed by atoms with van der Waals surface area (Å²) in [5.74, 6) is -1.01. The van der Waals surface area contributed by atoms with E-state index < -0.39 is 0 Å². The summed E-state index contributed by atoms with van der Waals surface area (Å²) in [6, 6.07) is 18.7. The van der Waals surface area contributed by atoms with E-state index in [1.807, 2.05) is 50.2 Å². The summed E-state index contributed by atoms with van der Waals surface area (Å²) in [5.41, 5.74) is 10.2. The lowest BCUT2D eigenvalue weighted by Gasteiger charge is -2.21. The minimum atomic E-state index is -0.245. The van der Waals surface area contributed by atoms with Crippen molar-refractivity contribution in [2.75, 3.05) is 26.2 Å². The van der Waals surface area contributed by atoms with Gasteiger partial charge < -0.3 is 31.5 Å². The molecular weight excluding hydrogens is 885 g/mol. The number of aliphatic imine (C=N–C) groups is 2. The number of aromatic hydroxyl groups is 2. The van der Waals surface area contributed by atoms with Crippen molar-refractivity contribution in [1.82, 2.24) is 21.3 Å². The first-order valence-electron chi connectivity index (χ1n) is 23.5. The van der Waals surface area contributed by atoms with Crippen LogP contribution in [-0.2, 0) is 67.3 Å². The molecule has 4 aromatic carbocycles. The molecule has 8 bridgehead atoms. The van der Waals surface area contributed by atoms with Crippen molar-refractivity contribution in [1.29, 1.82) is 0 Å². The number of hydrogen-bond donors (Lipinski definition) is 6. The number of phenolic OH excluding ortho intramolecular Hbond substituents is 2. The van der Waals surface area contributed by atoms with Crippen LogP contribution in [0.1, 0.15) is 96.2 Å². The molecule has 0 fully saturated rings. The molecule has 3 aliphatic carbocycles. The van der Waals surface area contributed by atoms with Crippen LogP contribution in [0.25, 0.3) is 0 Å². The van der Waals surface area contributed by atoms with E-state index in [0.717, 1.165) is 22.3 Å². The first-order valence-corrected chi connectivity index (χ1v) is 23.5. The molecule has 7 rings (SSSR count). The van der Waals surface area contributed by atoms with Crippen molar-refractivity contribution in [3.63, 3.8) is 0 Å². The van der Waals surface area contributed by atoms with E-state index in [9.17, 15) is 39.0 Å². The molecule has 0 spiro atoms. The third-order valence-electron chi connectivity index (χ3n) is 12.4. The number of nitrogens with zero attached hydrogens (tertiary/aromatic N) is 2. The van der Waals surface area contributed by atoms with Gasteiger partial charge >= 0.3 is 0 Å². The highest BCUT2D eigenvalue weighted by Gasteiger charge is 2.23.